The van der Waals surface area contributed by atoms with Crippen molar-refractivity contribution in [1.29, 1.82) is 0 Å². The number of alkyl halides is 4. The maximum absolute atomic E-state index is 13.3. The number of benzene rings is 1. The smallest absolute Gasteiger partial charge is 0.433 e. The van der Waals surface area contributed by atoms with Crippen LogP contribution < -0.4 is 9.64 Å². The van der Waals surface area contributed by atoms with Crippen LogP contribution in [0.3, 0.4) is 0 Å². The minimum atomic E-state index is -4.62. The van der Waals surface area contributed by atoms with Gasteiger partial charge in [-0.3, -0.25) is 9.80 Å². The number of ether oxygens (including phenoxy) is 1. The summed E-state index contributed by atoms with van der Waals surface area (Å²) in [7, 11) is 1.56. The van der Waals surface area contributed by atoms with E-state index in [1.807, 2.05) is 12.1 Å². The summed E-state index contributed by atoms with van der Waals surface area (Å²) in [5.74, 6) is 0.238. The maximum atomic E-state index is 13.3. The van der Waals surface area contributed by atoms with Crippen molar-refractivity contribution in [2.75, 3.05) is 57.2 Å². The lowest BCUT2D eigenvalue weighted by Crippen LogP contribution is -2.51. The number of methoxy groups -OCH3 is 1. The van der Waals surface area contributed by atoms with E-state index in [0.29, 0.717) is 43.5 Å². The summed E-state index contributed by atoms with van der Waals surface area (Å²) >= 11 is 12.1. The SMILES string of the molecule is C=CC(=N/C(=C\CC)C(F)(F)F)/C(CCl)=N/N(CC)CC(=O)N1CCN(c2ccc(Cl)c(OC)c2)CC1. The quantitative estimate of drug-likeness (QED) is 0.206. The van der Waals surface area contributed by atoms with Crippen molar-refractivity contribution in [1.82, 2.24) is 9.91 Å². The third kappa shape index (κ3) is 8.67. The van der Waals surface area contributed by atoms with E-state index in [0.717, 1.165) is 11.8 Å². The Bertz CT molecular complexity index is 1040. The molecule has 0 radical (unpaired) electrons. The fourth-order valence-electron chi connectivity index (χ4n) is 3.63. The van der Waals surface area contributed by atoms with E-state index < -0.39 is 11.9 Å². The largest absolute Gasteiger partial charge is 0.495 e. The number of carbonyl (C=O) groups excluding carboxylic acids is 1. The normalized spacial score (nSPS) is 15.6. The van der Waals surface area contributed by atoms with Gasteiger partial charge in [0.1, 0.15) is 23.7 Å². The summed E-state index contributed by atoms with van der Waals surface area (Å²) in [6.07, 6.45) is -2.31. The van der Waals surface area contributed by atoms with E-state index >= 15 is 0 Å². The highest BCUT2D eigenvalue weighted by Crippen LogP contribution is 2.30. The number of aliphatic imine (C=N–C) groups is 1. The Balaban J connectivity index is 2.10. The molecule has 1 aromatic rings. The number of nitrogens with zero attached hydrogens (tertiary/aromatic N) is 5. The van der Waals surface area contributed by atoms with Crippen LogP contribution in [0.4, 0.5) is 18.9 Å². The van der Waals surface area contributed by atoms with E-state index in [9.17, 15) is 18.0 Å². The second kappa shape index (κ2) is 14.3. The topological polar surface area (TPSA) is 60.7 Å². The summed E-state index contributed by atoms with van der Waals surface area (Å²) in [6, 6.07) is 5.54. The van der Waals surface area contributed by atoms with Crippen LogP contribution in [-0.2, 0) is 4.79 Å². The Morgan fingerprint density at radius 2 is 1.92 bits per heavy atom. The zero-order chi connectivity index (χ0) is 27.6. The molecular formula is C25H32Cl2F3N5O2. The zero-order valence-corrected chi connectivity index (χ0v) is 22.7. The van der Waals surface area contributed by atoms with Gasteiger partial charge in [0.25, 0.3) is 0 Å². The van der Waals surface area contributed by atoms with Crippen molar-refractivity contribution in [2.45, 2.75) is 26.4 Å². The van der Waals surface area contributed by atoms with Gasteiger partial charge in [-0.2, -0.15) is 18.3 Å². The van der Waals surface area contributed by atoms with Crippen LogP contribution in [0.2, 0.25) is 5.02 Å². The molecule has 0 aromatic heterocycles. The van der Waals surface area contributed by atoms with E-state index in [2.05, 4.69) is 21.6 Å². The molecule has 0 unspecified atom stereocenters. The Kier molecular flexibility index (Phi) is 11.8. The Morgan fingerprint density at radius 1 is 1.24 bits per heavy atom. The predicted octanol–water partition coefficient (Wildman–Crippen LogP) is 5.40. The third-order valence-electron chi connectivity index (χ3n) is 5.62. The van der Waals surface area contributed by atoms with Crippen molar-refractivity contribution in [3.05, 3.63) is 47.6 Å². The van der Waals surface area contributed by atoms with Gasteiger partial charge in [-0.15, -0.1) is 11.6 Å². The molecule has 1 aliphatic rings. The van der Waals surface area contributed by atoms with Gasteiger partial charge in [-0.1, -0.05) is 31.2 Å². The first-order valence-corrected chi connectivity index (χ1v) is 12.7. The molecule has 0 spiro atoms. The Labute approximate surface area is 225 Å². The number of carbonyl (C=O) groups is 1. The van der Waals surface area contributed by atoms with Crippen LogP contribution in [0.5, 0.6) is 5.75 Å². The second-order valence-electron chi connectivity index (χ2n) is 8.04. The molecule has 0 saturated carbocycles. The number of hydrazone groups is 1. The van der Waals surface area contributed by atoms with Gasteiger partial charge in [0, 0.05) is 44.5 Å². The minimum absolute atomic E-state index is 0.0486. The number of hydrogen-bond acceptors (Lipinski definition) is 6. The average Bonchev–Trinajstić information content (AvgIpc) is 2.88. The first-order valence-electron chi connectivity index (χ1n) is 11.8. The molecule has 37 heavy (non-hydrogen) atoms. The molecule has 1 saturated heterocycles. The summed E-state index contributed by atoms with van der Waals surface area (Å²) in [4.78, 5) is 20.6. The highest BCUT2D eigenvalue weighted by Gasteiger charge is 2.34. The molecule has 0 aliphatic carbocycles. The van der Waals surface area contributed by atoms with Gasteiger partial charge >= 0.3 is 6.18 Å². The van der Waals surface area contributed by atoms with Gasteiger partial charge in [0.05, 0.1) is 23.7 Å². The molecular weight excluding hydrogens is 530 g/mol. The molecule has 0 N–H and O–H groups in total. The lowest BCUT2D eigenvalue weighted by Gasteiger charge is -2.37. The molecule has 12 heteroatoms. The van der Waals surface area contributed by atoms with Crippen LogP contribution in [0.1, 0.15) is 20.3 Å². The van der Waals surface area contributed by atoms with Gasteiger partial charge < -0.3 is 14.5 Å². The molecule has 204 valence electrons. The lowest BCUT2D eigenvalue weighted by molar-refractivity contribution is -0.132. The van der Waals surface area contributed by atoms with Crippen LogP contribution in [0.15, 0.2) is 52.7 Å². The molecule has 2 rings (SSSR count). The molecule has 1 heterocycles. The minimum Gasteiger partial charge on any atom is -0.495 e. The van der Waals surface area contributed by atoms with Gasteiger partial charge in [0.2, 0.25) is 5.91 Å². The summed E-state index contributed by atoms with van der Waals surface area (Å²) in [5, 5.41) is 6.33. The number of rotatable bonds is 11. The molecule has 1 aromatic carbocycles. The number of anilines is 1. The van der Waals surface area contributed by atoms with Crippen molar-refractivity contribution >= 4 is 46.2 Å². The molecule has 1 amide bonds. The highest BCUT2D eigenvalue weighted by atomic mass is 35.5. The van der Waals surface area contributed by atoms with Crippen LogP contribution in [0, 0.1) is 0 Å². The van der Waals surface area contributed by atoms with E-state index in [-0.39, 0.29) is 36.2 Å². The van der Waals surface area contributed by atoms with E-state index in [1.54, 1.807) is 31.9 Å². The van der Waals surface area contributed by atoms with Crippen molar-refractivity contribution in [3.63, 3.8) is 0 Å². The van der Waals surface area contributed by atoms with Crippen molar-refractivity contribution in [2.24, 2.45) is 10.1 Å². The van der Waals surface area contributed by atoms with Gasteiger partial charge in [-0.25, -0.2) is 4.99 Å². The lowest BCUT2D eigenvalue weighted by atomic mass is 10.2. The predicted molar refractivity (Wildman–Crippen MR) is 144 cm³/mol. The number of allylic oxidation sites excluding steroid dienone is 3. The standard InChI is InChI=1S/C25H32Cl2F3N5O2/c1-5-8-23(25(28,29)30)31-20(6-2)21(16-26)32-35(7-3)17-24(36)34-13-11-33(12-14-34)18-9-10-19(27)22(15-18)37-4/h6,8-10,15H,2,5,7,11-14,16-17H2,1,3-4H3/b23-8-,31-20-,32-21+. The molecule has 1 fully saturated rings. The highest BCUT2D eigenvalue weighted by molar-refractivity contribution is 6.54. The second-order valence-corrected chi connectivity index (χ2v) is 8.72. The first-order chi connectivity index (χ1) is 17.6. The fourth-order valence-corrected chi connectivity index (χ4v) is 4.01. The van der Waals surface area contributed by atoms with Crippen molar-refractivity contribution < 1.29 is 22.7 Å². The average molecular weight is 562 g/mol. The van der Waals surface area contributed by atoms with Gasteiger partial charge in [-0.05, 0) is 31.6 Å². The van der Waals surface area contributed by atoms with Crippen LogP contribution in [0.25, 0.3) is 0 Å². The zero-order valence-electron chi connectivity index (χ0n) is 21.2. The number of likely N-dealkylation sites (N-methyl/N-ethyl adjacent to an activating group) is 1. The summed E-state index contributed by atoms with van der Waals surface area (Å²) < 4.78 is 45.2. The van der Waals surface area contributed by atoms with E-state index in [4.69, 9.17) is 27.9 Å². The number of piperazine rings is 1. The molecule has 1 aliphatic heterocycles. The molecule has 7 nitrogen and oxygen atoms in total. The van der Waals surface area contributed by atoms with Crippen LogP contribution >= 0.6 is 23.2 Å². The monoisotopic (exact) mass is 561 g/mol. The fraction of sp³-hybridized carbons (Fsp3) is 0.480. The summed E-state index contributed by atoms with van der Waals surface area (Å²) in [6.45, 7) is 9.48. The Hall–Kier alpha value is -2.72. The molecule has 0 atom stereocenters. The Morgan fingerprint density at radius 3 is 2.43 bits per heavy atom. The molecule has 0 bridgehead atoms. The number of amides is 1. The van der Waals surface area contributed by atoms with Crippen molar-refractivity contribution in [3.8, 4) is 5.75 Å². The van der Waals surface area contributed by atoms with Crippen LogP contribution in [-0.4, -0.2) is 85.7 Å². The maximum Gasteiger partial charge on any atom is 0.433 e. The number of hydrogen-bond donors (Lipinski definition) is 0. The van der Waals surface area contributed by atoms with Gasteiger partial charge in [0.15, 0.2) is 0 Å². The van der Waals surface area contributed by atoms with E-state index in [1.165, 1.54) is 11.1 Å². The third-order valence-corrected chi connectivity index (χ3v) is 6.19. The number of halogens is 5. The summed E-state index contributed by atoms with van der Waals surface area (Å²) in [5.41, 5.74) is -0.0893. The first kappa shape index (κ1) is 30.5.